The normalized spacial score (nSPS) is 16.3. The zero-order chi connectivity index (χ0) is 20.8. The summed E-state index contributed by atoms with van der Waals surface area (Å²) in [4.78, 5) is 25.6. The molecule has 156 valence electrons. The molecule has 1 aliphatic rings. The highest BCUT2D eigenvalue weighted by Crippen LogP contribution is 2.29. The molecule has 1 fully saturated rings. The second-order valence-corrected chi connectivity index (χ2v) is 7.03. The van der Waals surface area contributed by atoms with E-state index in [0.29, 0.717) is 61.6 Å². The summed E-state index contributed by atoms with van der Waals surface area (Å²) in [6, 6.07) is 7.30. The van der Waals surface area contributed by atoms with Gasteiger partial charge < -0.3 is 20.1 Å². The predicted octanol–water partition coefficient (Wildman–Crippen LogP) is 2.20. The number of likely N-dealkylation sites (N-methyl/N-ethyl adjacent to an activating group) is 1. The Morgan fingerprint density at radius 2 is 2.00 bits per heavy atom. The molecular weight excluding hydrogens is 370 g/mol. The molecule has 2 N–H and O–H groups in total. The molecule has 1 saturated heterocycles. The van der Waals surface area contributed by atoms with Crippen LogP contribution in [0.15, 0.2) is 30.5 Å². The zero-order valence-electron chi connectivity index (χ0n) is 17.3. The largest absolute Gasteiger partial charge is 0.490 e. The minimum absolute atomic E-state index is 0.00473. The lowest BCUT2D eigenvalue weighted by Crippen LogP contribution is -2.36. The van der Waals surface area contributed by atoms with Gasteiger partial charge in [0.15, 0.2) is 11.5 Å². The molecule has 0 radical (unpaired) electrons. The summed E-state index contributed by atoms with van der Waals surface area (Å²) in [5.74, 6) is 2.42. The topological polar surface area (TPSA) is 93.8 Å². The molecule has 3 rings (SSSR count). The predicted molar refractivity (Wildman–Crippen MR) is 111 cm³/mol. The summed E-state index contributed by atoms with van der Waals surface area (Å²) in [5, 5.41) is 0. The molecule has 1 aromatic heterocycles. The maximum absolute atomic E-state index is 13.0. The van der Waals surface area contributed by atoms with Crippen LogP contribution in [0.25, 0.3) is 0 Å². The molecule has 1 aromatic carbocycles. The second-order valence-electron chi connectivity index (χ2n) is 7.03. The number of nitrogens with two attached hydrogens (primary N) is 1. The Morgan fingerprint density at radius 3 is 2.72 bits per heavy atom. The van der Waals surface area contributed by atoms with Crippen LogP contribution in [0.3, 0.4) is 0 Å². The van der Waals surface area contributed by atoms with E-state index in [9.17, 15) is 4.79 Å². The molecule has 1 aliphatic heterocycles. The number of hydrogen-bond acceptors (Lipinski definition) is 7. The van der Waals surface area contributed by atoms with Crippen LogP contribution in [0.4, 0.5) is 5.82 Å². The van der Waals surface area contributed by atoms with E-state index in [2.05, 4.69) is 14.9 Å². The quantitative estimate of drug-likeness (QED) is 0.727. The molecule has 8 heteroatoms. The highest BCUT2D eigenvalue weighted by Gasteiger charge is 2.30. The molecule has 2 heterocycles. The second kappa shape index (κ2) is 9.56. The number of benzene rings is 1. The van der Waals surface area contributed by atoms with E-state index in [4.69, 9.17) is 15.2 Å². The highest BCUT2D eigenvalue weighted by molar-refractivity contribution is 5.95. The first-order valence-electron chi connectivity index (χ1n) is 9.98. The van der Waals surface area contributed by atoms with Gasteiger partial charge in [-0.05, 0) is 51.6 Å². The molecule has 0 aliphatic carbocycles. The average molecular weight is 399 g/mol. The van der Waals surface area contributed by atoms with Crippen molar-refractivity contribution in [2.75, 3.05) is 39.1 Å². The summed E-state index contributed by atoms with van der Waals surface area (Å²) in [7, 11) is 2.02. The Hall–Kier alpha value is -2.87. The molecule has 1 atom stereocenters. The van der Waals surface area contributed by atoms with E-state index in [1.54, 1.807) is 30.5 Å². The standard InChI is InChI=1S/C21H29N5O3/c1-4-28-17-7-6-15(12-18(17)29-5-2)21(27)26-11-9-16(13-26)25(3)14-20-23-10-8-19(22)24-20/h6-8,10,12,16H,4-5,9,11,13-14H2,1-3H3,(H2,22,23,24). The van der Waals surface area contributed by atoms with Crippen molar-refractivity contribution in [1.29, 1.82) is 0 Å². The number of anilines is 1. The van der Waals surface area contributed by atoms with E-state index in [1.807, 2.05) is 25.8 Å². The van der Waals surface area contributed by atoms with Crippen molar-refractivity contribution < 1.29 is 14.3 Å². The Labute approximate surface area is 171 Å². The fourth-order valence-corrected chi connectivity index (χ4v) is 3.50. The summed E-state index contributed by atoms with van der Waals surface area (Å²) in [5.41, 5.74) is 6.35. The maximum Gasteiger partial charge on any atom is 0.254 e. The van der Waals surface area contributed by atoms with Gasteiger partial charge in [-0.25, -0.2) is 9.97 Å². The zero-order valence-corrected chi connectivity index (χ0v) is 17.3. The average Bonchev–Trinajstić information content (AvgIpc) is 3.19. The first-order valence-corrected chi connectivity index (χ1v) is 9.98. The summed E-state index contributed by atoms with van der Waals surface area (Å²) >= 11 is 0. The molecular formula is C21H29N5O3. The van der Waals surface area contributed by atoms with E-state index >= 15 is 0 Å². The minimum Gasteiger partial charge on any atom is -0.490 e. The maximum atomic E-state index is 13.0. The molecule has 0 spiro atoms. The van der Waals surface area contributed by atoms with Crippen LogP contribution in [0.2, 0.25) is 0 Å². The van der Waals surface area contributed by atoms with Crippen molar-refractivity contribution in [2.24, 2.45) is 0 Å². The van der Waals surface area contributed by atoms with Crippen molar-refractivity contribution in [3.63, 3.8) is 0 Å². The number of aromatic nitrogens is 2. The van der Waals surface area contributed by atoms with Crippen molar-refractivity contribution in [3.05, 3.63) is 41.9 Å². The van der Waals surface area contributed by atoms with E-state index in [1.165, 1.54) is 0 Å². The number of carbonyl (C=O) groups excluding carboxylic acids is 1. The lowest BCUT2D eigenvalue weighted by Gasteiger charge is -2.24. The van der Waals surface area contributed by atoms with Gasteiger partial charge in [0.2, 0.25) is 0 Å². The van der Waals surface area contributed by atoms with Crippen LogP contribution in [0, 0.1) is 0 Å². The van der Waals surface area contributed by atoms with Gasteiger partial charge >= 0.3 is 0 Å². The van der Waals surface area contributed by atoms with E-state index in [0.717, 1.165) is 6.42 Å². The first kappa shape index (κ1) is 20.9. The third-order valence-corrected chi connectivity index (χ3v) is 4.98. The molecule has 29 heavy (non-hydrogen) atoms. The smallest absolute Gasteiger partial charge is 0.254 e. The van der Waals surface area contributed by atoms with Gasteiger partial charge in [0.1, 0.15) is 11.6 Å². The Kier molecular flexibility index (Phi) is 6.87. The fourth-order valence-electron chi connectivity index (χ4n) is 3.50. The third kappa shape index (κ3) is 5.14. The van der Waals surface area contributed by atoms with Crippen LogP contribution >= 0.6 is 0 Å². The van der Waals surface area contributed by atoms with E-state index in [-0.39, 0.29) is 11.9 Å². The van der Waals surface area contributed by atoms with Crippen LogP contribution in [-0.4, -0.2) is 65.1 Å². The van der Waals surface area contributed by atoms with Crippen LogP contribution < -0.4 is 15.2 Å². The number of hydrogen-bond donors (Lipinski definition) is 1. The van der Waals surface area contributed by atoms with E-state index < -0.39 is 0 Å². The number of amides is 1. The lowest BCUT2D eigenvalue weighted by atomic mass is 10.1. The Morgan fingerprint density at radius 1 is 1.24 bits per heavy atom. The SMILES string of the molecule is CCOc1ccc(C(=O)N2CCC(N(C)Cc3nccc(N)n3)C2)cc1OCC. The third-order valence-electron chi connectivity index (χ3n) is 4.98. The van der Waals surface area contributed by atoms with Gasteiger partial charge in [0, 0.05) is 30.9 Å². The molecule has 0 saturated carbocycles. The van der Waals surface area contributed by atoms with Crippen LogP contribution in [0.1, 0.15) is 36.5 Å². The molecule has 1 unspecified atom stereocenters. The first-order chi connectivity index (χ1) is 14.0. The molecule has 2 aromatic rings. The van der Waals surface area contributed by atoms with Gasteiger partial charge in [-0.3, -0.25) is 9.69 Å². The number of carbonyl (C=O) groups is 1. The van der Waals surface area contributed by atoms with Gasteiger partial charge in [-0.1, -0.05) is 0 Å². The van der Waals surface area contributed by atoms with Crippen molar-refractivity contribution in [1.82, 2.24) is 19.8 Å². The Balaban J connectivity index is 1.64. The number of ether oxygens (including phenoxy) is 2. The van der Waals surface area contributed by atoms with Gasteiger partial charge in [0.05, 0.1) is 19.8 Å². The van der Waals surface area contributed by atoms with Crippen LogP contribution in [-0.2, 0) is 6.54 Å². The summed E-state index contributed by atoms with van der Waals surface area (Å²) in [6.07, 6.45) is 2.57. The number of rotatable bonds is 8. The molecule has 1 amide bonds. The molecule has 0 bridgehead atoms. The fraction of sp³-hybridized carbons (Fsp3) is 0.476. The monoisotopic (exact) mass is 399 g/mol. The van der Waals surface area contributed by atoms with Crippen LogP contribution in [0.5, 0.6) is 11.5 Å². The number of nitrogens with zero attached hydrogens (tertiary/aromatic N) is 4. The number of likely N-dealkylation sites (tertiary alicyclic amines) is 1. The van der Waals surface area contributed by atoms with Gasteiger partial charge in [-0.2, -0.15) is 0 Å². The Bertz CT molecular complexity index is 845. The number of nitrogen functional groups attached to an aromatic ring is 1. The van der Waals surface area contributed by atoms with Crippen molar-refractivity contribution in [3.8, 4) is 11.5 Å². The summed E-state index contributed by atoms with van der Waals surface area (Å²) < 4.78 is 11.2. The van der Waals surface area contributed by atoms with Crippen molar-refractivity contribution >= 4 is 11.7 Å². The summed E-state index contributed by atoms with van der Waals surface area (Å²) in [6.45, 7) is 6.86. The lowest BCUT2D eigenvalue weighted by molar-refractivity contribution is 0.0778. The molecule has 8 nitrogen and oxygen atoms in total. The van der Waals surface area contributed by atoms with Gasteiger partial charge in [-0.15, -0.1) is 0 Å². The highest BCUT2D eigenvalue weighted by atomic mass is 16.5. The minimum atomic E-state index is 0.00473. The van der Waals surface area contributed by atoms with Crippen molar-refractivity contribution in [2.45, 2.75) is 32.9 Å². The van der Waals surface area contributed by atoms with Gasteiger partial charge in [0.25, 0.3) is 5.91 Å².